The van der Waals surface area contributed by atoms with Gasteiger partial charge in [-0.05, 0) is 41.0 Å². The number of carboxylic acids is 1. The lowest BCUT2D eigenvalue weighted by Gasteiger charge is -2.09. The fraction of sp³-hybridized carbons (Fsp3) is 0.400. The van der Waals surface area contributed by atoms with E-state index in [4.69, 9.17) is 10.1 Å². The molecule has 1 aromatic heterocycles. The maximum absolute atomic E-state index is 11.5. The van der Waals surface area contributed by atoms with Gasteiger partial charge in [-0.1, -0.05) is 70.2 Å². The largest absolute Gasteiger partial charge is 0.478 e. The summed E-state index contributed by atoms with van der Waals surface area (Å²) in [4.78, 5) is 16.3. The molecule has 158 valence electrons. The van der Waals surface area contributed by atoms with Gasteiger partial charge in [0.05, 0.1) is 5.56 Å². The second-order valence-electron chi connectivity index (χ2n) is 8.67. The number of aromatic nitrogens is 3. The van der Waals surface area contributed by atoms with Crippen molar-refractivity contribution in [3.05, 3.63) is 71.3 Å². The molecule has 0 saturated heterocycles. The lowest BCUT2D eigenvalue weighted by atomic mass is 9.98. The van der Waals surface area contributed by atoms with Crippen molar-refractivity contribution in [1.82, 2.24) is 14.8 Å². The van der Waals surface area contributed by atoms with Gasteiger partial charge >= 0.3 is 5.97 Å². The van der Waals surface area contributed by atoms with E-state index in [-0.39, 0.29) is 0 Å². The Bertz CT molecular complexity index is 988. The Morgan fingerprint density at radius 2 is 1.70 bits per heavy atom. The van der Waals surface area contributed by atoms with E-state index in [0.717, 1.165) is 47.7 Å². The van der Waals surface area contributed by atoms with Crippen LogP contribution >= 0.6 is 0 Å². The molecule has 0 unspecified atom stereocenters. The van der Waals surface area contributed by atoms with E-state index in [9.17, 15) is 9.90 Å². The number of carboxylic acid groups (broad SMARTS) is 1. The molecule has 5 nitrogen and oxygen atoms in total. The van der Waals surface area contributed by atoms with Crippen molar-refractivity contribution < 1.29 is 9.90 Å². The quantitative estimate of drug-likeness (QED) is 0.512. The Morgan fingerprint density at radius 3 is 2.33 bits per heavy atom. The first-order valence-corrected chi connectivity index (χ1v) is 10.7. The van der Waals surface area contributed by atoms with E-state index in [1.165, 1.54) is 0 Å². The molecule has 1 N–H and O–H groups in total. The fourth-order valence-corrected chi connectivity index (χ4v) is 3.47. The Morgan fingerprint density at radius 1 is 1.00 bits per heavy atom. The third-order valence-corrected chi connectivity index (χ3v) is 5.09. The summed E-state index contributed by atoms with van der Waals surface area (Å²) in [7, 11) is 0. The molecule has 3 aromatic rings. The van der Waals surface area contributed by atoms with Crippen LogP contribution in [0.15, 0.2) is 48.5 Å². The highest BCUT2D eigenvalue weighted by Gasteiger charge is 2.14. The summed E-state index contributed by atoms with van der Waals surface area (Å²) < 4.78 is 2.06. The van der Waals surface area contributed by atoms with E-state index in [1.54, 1.807) is 12.1 Å². The van der Waals surface area contributed by atoms with Gasteiger partial charge in [-0.15, -0.1) is 0 Å². The summed E-state index contributed by atoms with van der Waals surface area (Å²) in [6.45, 7) is 9.69. The monoisotopic (exact) mass is 405 g/mol. The zero-order chi connectivity index (χ0) is 21.7. The first-order valence-electron chi connectivity index (χ1n) is 10.7. The molecule has 5 heteroatoms. The first-order chi connectivity index (χ1) is 14.3. The van der Waals surface area contributed by atoms with Crippen LogP contribution in [-0.4, -0.2) is 25.8 Å². The molecule has 30 heavy (non-hydrogen) atoms. The molecule has 0 atom stereocenters. The maximum Gasteiger partial charge on any atom is 0.336 e. The smallest absolute Gasteiger partial charge is 0.336 e. The number of hydrogen-bond donors (Lipinski definition) is 1. The molecule has 1 heterocycles. The van der Waals surface area contributed by atoms with Gasteiger partial charge in [0, 0.05) is 19.4 Å². The molecule has 0 aliphatic heterocycles. The molecule has 0 aliphatic carbocycles. The Labute approximate surface area is 178 Å². The van der Waals surface area contributed by atoms with Gasteiger partial charge in [0.2, 0.25) is 0 Å². The minimum atomic E-state index is -0.911. The van der Waals surface area contributed by atoms with Crippen LogP contribution in [0.5, 0.6) is 0 Å². The van der Waals surface area contributed by atoms with Crippen LogP contribution in [0.25, 0.3) is 11.1 Å². The van der Waals surface area contributed by atoms with Crippen LogP contribution in [0.1, 0.15) is 61.7 Å². The normalized spacial score (nSPS) is 11.4. The Balaban J connectivity index is 1.83. The molecule has 2 aromatic carbocycles. The first kappa shape index (κ1) is 21.8. The van der Waals surface area contributed by atoms with Crippen LogP contribution in [-0.2, 0) is 19.4 Å². The summed E-state index contributed by atoms with van der Waals surface area (Å²) in [6.07, 6.45) is 2.67. The molecular weight excluding hydrogens is 374 g/mol. The summed E-state index contributed by atoms with van der Waals surface area (Å²) in [5.74, 6) is 2.13. The minimum absolute atomic E-state index is 0.317. The average molecular weight is 406 g/mol. The zero-order valence-electron chi connectivity index (χ0n) is 18.3. The van der Waals surface area contributed by atoms with E-state index >= 15 is 0 Å². The summed E-state index contributed by atoms with van der Waals surface area (Å²) >= 11 is 0. The van der Waals surface area contributed by atoms with Crippen molar-refractivity contribution in [2.45, 2.75) is 53.5 Å². The highest BCUT2D eigenvalue weighted by molar-refractivity contribution is 5.95. The lowest BCUT2D eigenvalue weighted by molar-refractivity contribution is 0.0697. The fourth-order valence-electron chi connectivity index (χ4n) is 3.47. The summed E-state index contributed by atoms with van der Waals surface area (Å²) in [5.41, 5.74) is 3.09. The highest BCUT2D eigenvalue weighted by atomic mass is 16.4. The van der Waals surface area contributed by atoms with Crippen LogP contribution in [0, 0.1) is 11.8 Å². The second-order valence-corrected chi connectivity index (χ2v) is 8.67. The topological polar surface area (TPSA) is 68.0 Å². The van der Waals surface area contributed by atoms with Gasteiger partial charge in [-0.3, -0.25) is 0 Å². The van der Waals surface area contributed by atoms with Gasteiger partial charge in [-0.2, -0.15) is 5.10 Å². The number of carbonyl (C=O) groups is 1. The van der Waals surface area contributed by atoms with E-state index in [0.29, 0.717) is 23.8 Å². The van der Waals surface area contributed by atoms with Gasteiger partial charge in [0.1, 0.15) is 5.82 Å². The third kappa shape index (κ3) is 5.56. The number of rotatable bonds is 9. The Hall–Kier alpha value is -2.95. The van der Waals surface area contributed by atoms with Crippen LogP contribution in [0.3, 0.4) is 0 Å². The van der Waals surface area contributed by atoms with Gasteiger partial charge in [0.15, 0.2) is 5.82 Å². The maximum atomic E-state index is 11.5. The van der Waals surface area contributed by atoms with E-state index < -0.39 is 5.97 Å². The van der Waals surface area contributed by atoms with Crippen LogP contribution in [0.2, 0.25) is 0 Å². The van der Waals surface area contributed by atoms with E-state index in [1.807, 2.05) is 24.3 Å². The zero-order valence-corrected chi connectivity index (χ0v) is 18.3. The predicted molar refractivity (Wildman–Crippen MR) is 120 cm³/mol. The number of hydrogen-bond acceptors (Lipinski definition) is 3. The second kappa shape index (κ2) is 9.70. The molecular formula is C25H31N3O2. The molecule has 0 aliphatic rings. The summed E-state index contributed by atoms with van der Waals surface area (Å²) in [5, 5.41) is 14.2. The van der Waals surface area contributed by atoms with Gasteiger partial charge < -0.3 is 5.11 Å². The standard InChI is InChI=1S/C25H31N3O2/c1-17(2)13-14-28-24(26-23(27-28)15-18(3)4)16-19-9-11-20(12-10-19)21-7-5-6-8-22(21)25(29)30/h5-12,17-18H,13-16H2,1-4H3,(H,29,30). The van der Waals surface area contributed by atoms with Crippen molar-refractivity contribution in [3.8, 4) is 11.1 Å². The average Bonchev–Trinajstić information content (AvgIpc) is 3.07. The van der Waals surface area contributed by atoms with Crippen molar-refractivity contribution >= 4 is 5.97 Å². The lowest BCUT2D eigenvalue weighted by Crippen LogP contribution is -2.08. The number of aromatic carboxylic acids is 1. The van der Waals surface area contributed by atoms with Crippen molar-refractivity contribution in [3.63, 3.8) is 0 Å². The predicted octanol–water partition coefficient (Wildman–Crippen LogP) is 5.48. The number of aryl methyl sites for hydroxylation is 1. The third-order valence-electron chi connectivity index (χ3n) is 5.09. The van der Waals surface area contributed by atoms with Gasteiger partial charge in [0.25, 0.3) is 0 Å². The minimum Gasteiger partial charge on any atom is -0.478 e. The van der Waals surface area contributed by atoms with Crippen LogP contribution in [0.4, 0.5) is 0 Å². The van der Waals surface area contributed by atoms with Crippen molar-refractivity contribution in [2.75, 3.05) is 0 Å². The van der Waals surface area contributed by atoms with Gasteiger partial charge in [-0.25, -0.2) is 14.5 Å². The SMILES string of the molecule is CC(C)CCn1nc(CC(C)C)nc1Cc1ccc(-c2ccccc2C(=O)O)cc1. The molecule has 0 radical (unpaired) electrons. The Kier molecular flexibility index (Phi) is 7.03. The number of nitrogens with zero attached hydrogens (tertiary/aromatic N) is 3. The molecule has 0 fully saturated rings. The molecule has 3 rings (SSSR count). The molecule has 0 bridgehead atoms. The summed E-state index contributed by atoms with van der Waals surface area (Å²) in [6, 6.07) is 15.2. The molecule has 0 saturated carbocycles. The highest BCUT2D eigenvalue weighted by Crippen LogP contribution is 2.25. The van der Waals surface area contributed by atoms with Crippen molar-refractivity contribution in [1.29, 1.82) is 0 Å². The molecule has 0 amide bonds. The molecule has 0 spiro atoms. The van der Waals surface area contributed by atoms with Crippen LogP contribution < -0.4 is 0 Å². The van der Waals surface area contributed by atoms with Crippen molar-refractivity contribution in [2.24, 2.45) is 11.8 Å². The van der Waals surface area contributed by atoms with E-state index in [2.05, 4.69) is 44.5 Å². The number of benzene rings is 2.